The molecule has 0 aliphatic rings. The first kappa shape index (κ1) is 20.9. The first-order valence-corrected chi connectivity index (χ1v) is 8.34. The SMILES string of the molecule is CC.COc1ccccc1C(C)NNCCCOCC(C)C. The number of hydrogen-bond acceptors (Lipinski definition) is 4. The van der Waals surface area contributed by atoms with E-state index >= 15 is 0 Å². The highest BCUT2D eigenvalue weighted by molar-refractivity contribution is 5.35. The molecule has 4 heteroatoms. The molecule has 0 bridgehead atoms. The predicted molar refractivity (Wildman–Crippen MR) is 94.2 cm³/mol. The summed E-state index contributed by atoms with van der Waals surface area (Å²) < 4.78 is 10.9. The van der Waals surface area contributed by atoms with Gasteiger partial charge in [-0.3, -0.25) is 10.9 Å². The maximum absolute atomic E-state index is 5.54. The average Bonchev–Trinajstić information content (AvgIpc) is 2.55. The van der Waals surface area contributed by atoms with Crippen LogP contribution in [0, 0.1) is 5.92 Å². The van der Waals surface area contributed by atoms with Crippen LogP contribution in [0.15, 0.2) is 24.3 Å². The summed E-state index contributed by atoms with van der Waals surface area (Å²) in [5, 5.41) is 0. The summed E-state index contributed by atoms with van der Waals surface area (Å²) in [5.74, 6) is 1.52. The molecular formula is C18H34N2O2. The highest BCUT2D eigenvalue weighted by atomic mass is 16.5. The molecule has 0 aromatic heterocycles. The van der Waals surface area contributed by atoms with Gasteiger partial charge in [0.1, 0.15) is 5.75 Å². The Labute approximate surface area is 136 Å². The molecule has 0 aliphatic heterocycles. The third-order valence-corrected chi connectivity index (χ3v) is 2.97. The number of para-hydroxylation sites is 1. The molecular weight excluding hydrogens is 276 g/mol. The van der Waals surface area contributed by atoms with Crippen molar-refractivity contribution in [2.45, 2.75) is 47.1 Å². The highest BCUT2D eigenvalue weighted by Gasteiger charge is 2.09. The molecule has 1 aromatic carbocycles. The second-order valence-corrected chi connectivity index (χ2v) is 5.36. The lowest BCUT2D eigenvalue weighted by molar-refractivity contribution is 0.107. The Morgan fingerprint density at radius 3 is 2.41 bits per heavy atom. The topological polar surface area (TPSA) is 42.5 Å². The number of ether oxygens (including phenoxy) is 2. The fourth-order valence-electron chi connectivity index (χ4n) is 1.91. The van der Waals surface area contributed by atoms with E-state index in [2.05, 4.69) is 37.7 Å². The molecule has 2 N–H and O–H groups in total. The molecule has 0 saturated heterocycles. The van der Waals surface area contributed by atoms with Crippen molar-refractivity contribution in [3.8, 4) is 5.75 Å². The van der Waals surface area contributed by atoms with E-state index < -0.39 is 0 Å². The summed E-state index contributed by atoms with van der Waals surface area (Å²) in [6, 6.07) is 8.25. The van der Waals surface area contributed by atoms with Gasteiger partial charge in [0, 0.05) is 31.4 Å². The first-order valence-electron chi connectivity index (χ1n) is 8.34. The number of nitrogens with one attached hydrogen (secondary N) is 2. The van der Waals surface area contributed by atoms with E-state index in [-0.39, 0.29) is 6.04 Å². The number of hydrogen-bond donors (Lipinski definition) is 2. The van der Waals surface area contributed by atoms with Crippen LogP contribution in [-0.2, 0) is 4.74 Å². The largest absolute Gasteiger partial charge is 0.496 e. The molecule has 0 aliphatic carbocycles. The third-order valence-electron chi connectivity index (χ3n) is 2.97. The number of benzene rings is 1. The molecule has 4 nitrogen and oxygen atoms in total. The van der Waals surface area contributed by atoms with Crippen LogP contribution >= 0.6 is 0 Å². The van der Waals surface area contributed by atoms with Gasteiger partial charge in [0.15, 0.2) is 0 Å². The summed E-state index contributed by atoms with van der Waals surface area (Å²) in [6.07, 6.45) is 0.998. The van der Waals surface area contributed by atoms with Crippen molar-refractivity contribution in [1.82, 2.24) is 10.9 Å². The molecule has 0 amide bonds. The molecule has 1 atom stereocenters. The van der Waals surface area contributed by atoms with Crippen molar-refractivity contribution >= 4 is 0 Å². The van der Waals surface area contributed by atoms with Gasteiger partial charge < -0.3 is 9.47 Å². The minimum atomic E-state index is 0.197. The fraction of sp³-hybridized carbons (Fsp3) is 0.667. The maximum atomic E-state index is 5.54. The van der Waals surface area contributed by atoms with Crippen molar-refractivity contribution < 1.29 is 9.47 Å². The molecule has 22 heavy (non-hydrogen) atoms. The van der Waals surface area contributed by atoms with Crippen molar-refractivity contribution in [2.75, 3.05) is 26.9 Å². The van der Waals surface area contributed by atoms with E-state index in [0.29, 0.717) is 5.92 Å². The van der Waals surface area contributed by atoms with Crippen LogP contribution in [-0.4, -0.2) is 26.9 Å². The number of rotatable bonds is 10. The zero-order chi connectivity index (χ0) is 16.8. The van der Waals surface area contributed by atoms with Crippen LogP contribution in [0.25, 0.3) is 0 Å². The van der Waals surface area contributed by atoms with Gasteiger partial charge in [-0.25, -0.2) is 0 Å². The Kier molecular flexibility index (Phi) is 12.9. The van der Waals surface area contributed by atoms with Gasteiger partial charge in [0.2, 0.25) is 0 Å². The number of hydrazine groups is 1. The molecule has 0 saturated carbocycles. The van der Waals surface area contributed by atoms with Gasteiger partial charge in [0.05, 0.1) is 7.11 Å². The lowest BCUT2D eigenvalue weighted by Crippen LogP contribution is -2.35. The summed E-state index contributed by atoms with van der Waals surface area (Å²) in [7, 11) is 1.70. The normalized spacial score (nSPS) is 11.8. The zero-order valence-electron chi connectivity index (χ0n) is 15.1. The Morgan fingerprint density at radius 1 is 1.09 bits per heavy atom. The van der Waals surface area contributed by atoms with Crippen molar-refractivity contribution in [2.24, 2.45) is 5.92 Å². The van der Waals surface area contributed by atoms with Gasteiger partial charge in [-0.1, -0.05) is 45.9 Å². The summed E-state index contributed by atoms with van der Waals surface area (Å²) >= 11 is 0. The van der Waals surface area contributed by atoms with E-state index in [9.17, 15) is 0 Å². The molecule has 1 aromatic rings. The van der Waals surface area contributed by atoms with Crippen LogP contribution in [0.1, 0.15) is 52.6 Å². The number of methoxy groups -OCH3 is 1. The minimum absolute atomic E-state index is 0.197. The van der Waals surface area contributed by atoms with Gasteiger partial charge in [0.25, 0.3) is 0 Å². The molecule has 128 valence electrons. The molecule has 0 radical (unpaired) electrons. The summed E-state index contributed by atoms with van der Waals surface area (Å²) in [5.41, 5.74) is 7.68. The first-order chi connectivity index (χ1) is 10.6. The molecule has 1 rings (SSSR count). The quantitative estimate of drug-likeness (QED) is 0.507. The van der Waals surface area contributed by atoms with E-state index in [1.165, 1.54) is 0 Å². The van der Waals surface area contributed by atoms with Crippen molar-refractivity contribution in [1.29, 1.82) is 0 Å². The second-order valence-electron chi connectivity index (χ2n) is 5.36. The van der Waals surface area contributed by atoms with Crippen LogP contribution in [0.3, 0.4) is 0 Å². The third kappa shape index (κ3) is 9.03. The monoisotopic (exact) mass is 310 g/mol. The molecule has 0 spiro atoms. The van der Waals surface area contributed by atoms with E-state index in [4.69, 9.17) is 9.47 Å². The van der Waals surface area contributed by atoms with Gasteiger partial charge in [-0.05, 0) is 25.3 Å². The van der Waals surface area contributed by atoms with E-state index in [1.807, 2.05) is 32.0 Å². The molecule has 0 heterocycles. The smallest absolute Gasteiger partial charge is 0.123 e. The predicted octanol–water partition coefficient (Wildman–Crippen LogP) is 3.94. The minimum Gasteiger partial charge on any atom is -0.496 e. The Morgan fingerprint density at radius 2 is 1.77 bits per heavy atom. The van der Waals surface area contributed by atoms with Gasteiger partial charge in [-0.15, -0.1) is 0 Å². The maximum Gasteiger partial charge on any atom is 0.123 e. The lowest BCUT2D eigenvalue weighted by Gasteiger charge is -2.18. The average molecular weight is 310 g/mol. The van der Waals surface area contributed by atoms with Crippen LogP contribution in [0.5, 0.6) is 5.75 Å². The lowest BCUT2D eigenvalue weighted by atomic mass is 10.1. The zero-order valence-corrected chi connectivity index (χ0v) is 15.1. The van der Waals surface area contributed by atoms with Crippen molar-refractivity contribution in [3.63, 3.8) is 0 Å². The molecule has 0 fully saturated rings. The Hall–Kier alpha value is -1.10. The van der Waals surface area contributed by atoms with E-state index in [0.717, 1.165) is 37.5 Å². The summed E-state index contributed by atoms with van der Waals surface area (Å²) in [6.45, 7) is 13.0. The molecule has 1 unspecified atom stereocenters. The Balaban J connectivity index is 0.00000211. The van der Waals surface area contributed by atoms with Gasteiger partial charge >= 0.3 is 0 Å². The Bertz CT molecular complexity index is 370. The standard InChI is InChI=1S/C16H28N2O2.C2H6/c1-13(2)12-20-11-7-10-17-18-14(3)15-8-5-6-9-16(15)19-4;1-2/h5-6,8-9,13-14,17-18H,7,10-12H2,1-4H3;1-2H3. The second kappa shape index (κ2) is 13.6. The van der Waals surface area contributed by atoms with Crippen LogP contribution in [0.4, 0.5) is 0 Å². The van der Waals surface area contributed by atoms with E-state index in [1.54, 1.807) is 7.11 Å². The van der Waals surface area contributed by atoms with Gasteiger partial charge in [-0.2, -0.15) is 0 Å². The van der Waals surface area contributed by atoms with Crippen LogP contribution < -0.4 is 15.6 Å². The van der Waals surface area contributed by atoms with Crippen LogP contribution in [0.2, 0.25) is 0 Å². The fourth-order valence-corrected chi connectivity index (χ4v) is 1.91. The summed E-state index contributed by atoms with van der Waals surface area (Å²) in [4.78, 5) is 0. The van der Waals surface area contributed by atoms with Crippen molar-refractivity contribution in [3.05, 3.63) is 29.8 Å². The highest BCUT2D eigenvalue weighted by Crippen LogP contribution is 2.23.